The van der Waals surface area contributed by atoms with Crippen molar-refractivity contribution in [1.82, 2.24) is 15.0 Å². The Bertz CT molecular complexity index is 4000. The molecule has 396 valence electrons. The molecule has 0 unspecified atom stereocenters. The van der Waals surface area contributed by atoms with Crippen molar-refractivity contribution >= 4 is 17.1 Å². The van der Waals surface area contributed by atoms with Crippen LogP contribution in [-0.2, 0) is 0 Å². The first-order valence-corrected chi connectivity index (χ1v) is 27.6. The third-order valence-corrected chi connectivity index (χ3v) is 13.3. The highest BCUT2D eigenvalue weighted by Gasteiger charge is 2.14. The molecule has 0 aliphatic carbocycles. The van der Waals surface area contributed by atoms with E-state index in [1.807, 2.05) is 140 Å². The largest absolute Gasteiger partial charge is 0.492 e. The molecule has 0 aliphatic rings. The van der Waals surface area contributed by atoms with Crippen LogP contribution in [0.4, 0.5) is 17.1 Å². The molecule has 1 heterocycles. The van der Waals surface area contributed by atoms with Crippen molar-refractivity contribution in [2.75, 3.05) is 18.1 Å². The minimum absolute atomic E-state index is 0.329. The molecule has 8 aromatic carbocycles. The molecule has 1 aromatic heterocycles. The van der Waals surface area contributed by atoms with Crippen LogP contribution in [0, 0.1) is 81.4 Å². The first kappa shape index (κ1) is 55.8. The normalized spacial score (nSPS) is 10.1. The molecule has 0 N–H and O–H groups in total. The van der Waals surface area contributed by atoms with E-state index in [0.717, 1.165) is 113 Å². The van der Waals surface area contributed by atoms with Gasteiger partial charge in [0.05, 0.1) is 59.0 Å². The van der Waals surface area contributed by atoms with Crippen LogP contribution in [-0.4, -0.2) is 28.2 Å². The first-order chi connectivity index (χ1) is 40.4. The van der Waals surface area contributed by atoms with Gasteiger partial charge in [-0.25, -0.2) is 4.68 Å². The van der Waals surface area contributed by atoms with Gasteiger partial charge in [-0.3, -0.25) is 0 Å². The Labute approximate surface area is 481 Å². The number of nitrogens with zero attached hydrogens (tertiary/aromatic N) is 7. The molecule has 0 spiro atoms. The highest BCUT2D eigenvalue weighted by atomic mass is 16.5. The van der Waals surface area contributed by atoms with Gasteiger partial charge >= 0.3 is 0 Å². The zero-order valence-electron chi connectivity index (χ0n) is 45.9. The molecular formula is C73H57N7O2. The van der Waals surface area contributed by atoms with E-state index in [-0.39, 0.29) is 0 Å². The molecular weight excluding hydrogens is 1010 g/mol. The fourth-order valence-corrected chi connectivity index (χ4v) is 8.83. The van der Waals surface area contributed by atoms with Crippen LogP contribution in [0.3, 0.4) is 0 Å². The average Bonchev–Trinajstić information content (AvgIpc) is 4.16. The molecule has 0 radical (unpaired) electrons. The molecule has 0 aliphatic heterocycles. The van der Waals surface area contributed by atoms with Crippen LogP contribution in [0.15, 0.2) is 188 Å². The molecule has 9 nitrogen and oxygen atoms in total. The summed E-state index contributed by atoms with van der Waals surface area (Å²) in [6.07, 6.45) is 10.5. The summed E-state index contributed by atoms with van der Waals surface area (Å²) < 4.78 is 14.5. The number of aromatic nitrogens is 3. The summed E-state index contributed by atoms with van der Waals surface area (Å²) in [5.74, 6) is 27.2. The summed E-state index contributed by atoms with van der Waals surface area (Å²) in [6, 6.07) is 64.8. The lowest BCUT2D eigenvalue weighted by Gasteiger charge is -2.25. The number of hydrogen-bond donors (Lipinski definition) is 0. The third kappa shape index (κ3) is 15.0. The number of para-hydroxylation sites is 2. The van der Waals surface area contributed by atoms with E-state index < -0.39 is 0 Å². The average molecular weight is 1060 g/mol. The van der Waals surface area contributed by atoms with Gasteiger partial charge in [-0.2, -0.15) is 15.8 Å². The fourth-order valence-electron chi connectivity index (χ4n) is 8.83. The van der Waals surface area contributed by atoms with Crippen LogP contribution in [0.1, 0.15) is 126 Å². The standard InChI is InChI=1S/C73H57N7O2/c1-3-5-7-15-45-81-72-50-64(73(82-46-16-8-6-4-2)49-63(72)39-29-55-21-23-59(51-74)24-22-55)40-30-58-31-41-67(42-32-58)79-54-71(77-78-79)60-35-25-56(26-36-60)27-37-61-47-66(53-76)62(48-65(61)52-75)38-28-57-33-43-70(44-34-57)80(68-17-11-9-12-18-68)69-19-13-10-14-20-69/h9-14,17-26,31-36,41-44,47-50,54H,3-8,15-16,45-46H2,1-2H3. The molecule has 0 saturated heterocycles. The van der Waals surface area contributed by atoms with Crippen molar-refractivity contribution in [3.63, 3.8) is 0 Å². The Morgan fingerprint density at radius 1 is 0.402 bits per heavy atom. The van der Waals surface area contributed by atoms with Gasteiger partial charge in [0.2, 0.25) is 0 Å². The van der Waals surface area contributed by atoms with Gasteiger partial charge < -0.3 is 14.4 Å². The van der Waals surface area contributed by atoms with Crippen LogP contribution >= 0.6 is 0 Å². The van der Waals surface area contributed by atoms with Crippen LogP contribution in [0.2, 0.25) is 0 Å². The molecule has 9 rings (SSSR count). The predicted octanol–water partition coefficient (Wildman–Crippen LogP) is 15.5. The van der Waals surface area contributed by atoms with Crippen molar-refractivity contribution in [2.45, 2.75) is 65.2 Å². The number of nitriles is 3. The van der Waals surface area contributed by atoms with E-state index in [1.165, 1.54) is 0 Å². The number of rotatable bonds is 17. The number of anilines is 3. The monoisotopic (exact) mass is 1060 g/mol. The van der Waals surface area contributed by atoms with E-state index in [2.05, 4.69) is 119 Å². The van der Waals surface area contributed by atoms with Gasteiger partial charge in [0.1, 0.15) is 29.3 Å². The second kappa shape index (κ2) is 28.6. The van der Waals surface area contributed by atoms with Crippen LogP contribution in [0.25, 0.3) is 16.9 Å². The highest BCUT2D eigenvalue weighted by Crippen LogP contribution is 2.34. The summed E-state index contributed by atoms with van der Waals surface area (Å²) >= 11 is 0. The SMILES string of the molecule is CCCCCCOc1cc(C#Cc2ccc(-n3cc(-c4ccc(C#Cc5cc(C#N)c(C#Cc6ccc(N(c7ccccc7)c7ccccc7)cc6)cc5C#N)cc4)nn3)cc2)c(OCCCCCC)cc1C#Cc1ccc(C#N)cc1. The van der Waals surface area contributed by atoms with E-state index in [9.17, 15) is 15.8 Å². The maximum atomic E-state index is 10.2. The Hall–Kier alpha value is -11.0. The molecule has 0 amide bonds. The minimum Gasteiger partial charge on any atom is -0.492 e. The summed E-state index contributed by atoms with van der Waals surface area (Å²) in [6.45, 7) is 5.51. The number of ether oxygens (including phenoxy) is 2. The second-order valence-corrected chi connectivity index (χ2v) is 19.2. The summed E-state index contributed by atoms with van der Waals surface area (Å²) in [5.41, 5.74) is 12.1. The third-order valence-electron chi connectivity index (χ3n) is 13.3. The quantitative estimate of drug-likeness (QED) is 0.0652. The van der Waals surface area contributed by atoms with E-state index in [0.29, 0.717) is 58.2 Å². The number of unbranched alkanes of at least 4 members (excludes halogenated alkanes) is 6. The predicted molar refractivity (Wildman–Crippen MR) is 325 cm³/mol. The molecule has 0 atom stereocenters. The van der Waals surface area contributed by atoms with Crippen LogP contribution in [0.5, 0.6) is 11.5 Å². The topological polar surface area (TPSA) is 124 Å². The maximum absolute atomic E-state index is 10.2. The van der Waals surface area contributed by atoms with E-state index >= 15 is 0 Å². The van der Waals surface area contributed by atoms with Crippen molar-refractivity contribution in [3.05, 3.63) is 249 Å². The first-order valence-electron chi connectivity index (χ1n) is 27.6. The molecule has 0 bridgehead atoms. The fraction of sp³-hybridized carbons (Fsp3) is 0.164. The maximum Gasteiger partial charge on any atom is 0.136 e. The lowest BCUT2D eigenvalue weighted by molar-refractivity contribution is 0.295. The molecule has 9 heteroatoms. The zero-order chi connectivity index (χ0) is 56.7. The Morgan fingerprint density at radius 3 is 1.27 bits per heavy atom. The Kier molecular flexibility index (Phi) is 19.4. The Morgan fingerprint density at radius 2 is 0.817 bits per heavy atom. The number of hydrogen-bond acceptors (Lipinski definition) is 8. The second-order valence-electron chi connectivity index (χ2n) is 19.2. The van der Waals surface area contributed by atoms with Gasteiger partial charge in [-0.05, 0) is 134 Å². The molecule has 82 heavy (non-hydrogen) atoms. The molecule has 0 saturated carbocycles. The van der Waals surface area contributed by atoms with Crippen molar-refractivity contribution < 1.29 is 9.47 Å². The van der Waals surface area contributed by atoms with Gasteiger partial charge in [-0.15, -0.1) is 5.10 Å². The Balaban J connectivity index is 0.878. The lowest BCUT2D eigenvalue weighted by atomic mass is 9.99. The smallest absolute Gasteiger partial charge is 0.136 e. The number of benzene rings is 8. The zero-order valence-corrected chi connectivity index (χ0v) is 45.9. The lowest BCUT2D eigenvalue weighted by Crippen LogP contribution is -2.09. The molecule has 0 fully saturated rings. The summed E-state index contributed by atoms with van der Waals surface area (Å²) in [5, 5.41) is 38.5. The molecule has 9 aromatic rings. The van der Waals surface area contributed by atoms with Gasteiger partial charge in [-0.1, -0.05) is 153 Å². The van der Waals surface area contributed by atoms with Gasteiger partial charge in [0.15, 0.2) is 0 Å². The minimum atomic E-state index is 0.329. The summed E-state index contributed by atoms with van der Waals surface area (Å²) in [7, 11) is 0. The van der Waals surface area contributed by atoms with Crippen molar-refractivity contribution in [3.8, 4) is 94.0 Å². The van der Waals surface area contributed by atoms with Gasteiger partial charge in [0.25, 0.3) is 0 Å². The summed E-state index contributed by atoms with van der Waals surface area (Å²) in [4.78, 5) is 2.18. The van der Waals surface area contributed by atoms with Crippen LogP contribution < -0.4 is 14.4 Å². The van der Waals surface area contributed by atoms with E-state index in [1.54, 1.807) is 28.9 Å². The van der Waals surface area contributed by atoms with Crippen molar-refractivity contribution in [2.24, 2.45) is 0 Å². The van der Waals surface area contributed by atoms with E-state index in [4.69, 9.17) is 9.47 Å². The highest BCUT2D eigenvalue weighted by molar-refractivity contribution is 5.77. The van der Waals surface area contributed by atoms with Crippen molar-refractivity contribution in [1.29, 1.82) is 15.8 Å². The van der Waals surface area contributed by atoms with Gasteiger partial charge in [0, 0.05) is 68.1 Å².